The zero-order valence-electron chi connectivity index (χ0n) is 10.2. The molecule has 0 bridgehead atoms. The third-order valence-electron chi connectivity index (χ3n) is 2.81. The molecule has 0 amide bonds. The van der Waals surface area contributed by atoms with Crippen LogP contribution in [-0.4, -0.2) is 19.8 Å². The van der Waals surface area contributed by atoms with Crippen molar-refractivity contribution in [3.8, 4) is 11.3 Å². The zero-order valence-corrected chi connectivity index (χ0v) is 11.0. The van der Waals surface area contributed by atoms with E-state index in [0.717, 1.165) is 30.0 Å². The monoisotopic (exact) mass is 271 g/mol. The van der Waals surface area contributed by atoms with Crippen molar-refractivity contribution in [2.75, 3.05) is 0 Å². The Labute approximate surface area is 114 Å². The summed E-state index contributed by atoms with van der Waals surface area (Å²) in [7, 11) is 0. The minimum absolute atomic E-state index is 0.749. The molecule has 2 heterocycles. The minimum Gasteiger partial charge on any atom is -0.307 e. The lowest BCUT2D eigenvalue weighted by molar-refractivity contribution is 0.677. The van der Waals surface area contributed by atoms with Gasteiger partial charge in [0.2, 0.25) is 0 Å². The van der Waals surface area contributed by atoms with Gasteiger partial charge in [-0.3, -0.25) is 5.10 Å². The first-order valence-electron chi connectivity index (χ1n) is 5.97. The van der Waals surface area contributed by atoms with E-state index < -0.39 is 0 Å². The first-order chi connectivity index (χ1) is 9.42. The van der Waals surface area contributed by atoms with Crippen molar-refractivity contribution in [2.45, 2.75) is 13.1 Å². The highest BCUT2D eigenvalue weighted by molar-refractivity contribution is 7.03. The van der Waals surface area contributed by atoms with E-state index in [1.807, 2.05) is 11.4 Å². The van der Waals surface area contributed by atoms with Crippen molar-refractivity contribution in [1.82, 2.24) is 25.1 Å². The number of hydrogen-bond acceptors (Lipinski definition) is 5. The molecule has 19 heavy (non-hydrogen) atoms. The van der Waals surface area contributed by atoms with Crippen LogP contribution in [0.3, 0.4) is 0 Å². The van der Waals surface area contributed by atoms with E-state index in [1.54, 1.807) is 6.20 Å². The Hall–Kier alpha value is -2.05. The molecule has 96 valence electrons. The Morgan fingerprint density at radius 1 is 1.11 bits per heavy atom. The number of aromatic amines is 1. The molecule has 2 N–H and O–H groups in total. The highest BCUT2D eigenvalue weighted by Gasteiger charge is 2.00. The lowest BCUT2D eigenvalue weighted by atomic mass is 10.1. The Bertz CT molecular complexity index is 601. The standard InChI is InChI=1S/C13H13N5S/c1-3-11(13-5-6-15-17-13)4-2-10(1)7-14-8-12-9-19-18-16-12/h1-6,9,14H,7-8H2,(H,15,17). The molecular weight excluding hydrogens is 258 g/mol. The molecule has 0 saturated carbocycles. The molecular formula is C13H13N5S. The molecule has 0 spiro atoms. The molecule has 1 aromatic carbocycles. The minimum atomic E-state index is 0.749. The quantitative estimate of drug-likeness (QED) is 0.746. The maximum absolute atomic E-state index is 3.99. The van der Waals surface area contributed by atoms with Crippen molar-refractivity contribution in [3.05, 3.63) is 53.2 Å². The third-order valence-corrected chi connectivity index (χ3v) is 3.36. The largest absolute Gasteiger partial charge is 0.307 e. The maximum atomic E-state index is 3.99. The molecule has 0 unspecified atom stereocenters. The summed E-state index contributed by atoms with van der Waals surface area (Å²) in [6.45, 7) is 1.57. The van der Waals surface area contributed by atoms with Crippen LogP contribution in [0.25, 0.3) is 11.3 Å². The molecule has 6 heteroatoms. The number of aromatic nitrogens is 4. The first-order valence-corrected chi connectivity index (χ1v) is 6.81. The second kappa shape index (κ2) is 5.73. The maximum Gasteiger partial charge on any atom is 0.0893 e. The Morgan fingerprint density at radius 3 is 2.68 bits per heavy atom. The number of benzene rings is 1. The van der Waals surface area contributed by atoms with Crippen LogP contribution < -0.4 is 5.32 Å². The summed E-state index contributed by atoms with van der Waals surface area (Å²) in [5.74, 6) is 0. The fourth-order valence-electron chi connectivity index (χ4n) is 1.81. The van der Waals surface area contributed by atoms with Crippen LogP contribution in [0.2, 0.25) is 0 Å². The van der Waals surface area contributed by atoms with Gasteiger partial charge in [0.05, 0.1) is 11.4 Å². The van der Waals surface area contributed by atoms with E-state index in [9.17, 15) is 0 Å². The molecule has 3 aromatic rings. The molecule has 0 atom stereocenters. The van der Waals surface area contributed by atoms with E-state index in [0.29, 0.717) is 0 Å². The van der Waals surface area contributed by atoms with Crippen molar-refractivity contribution in [3.63, 3.8) is 0 Å². The average molecular weight is 271 g/mol. The summed E-state index contributed by atoms with van der Waals surface area (Å²) < 4.78 is 3.83. The lowest BCUT2D eigenvalue weighted by Gasteiger charge is -2.04. The number of nitrogens with zero attached hydrogens (tertiary/aromatic N) is 3. The van der Waals surface area contributed by atoms with Crippen molar-refractivity contribution >= 4 is 11.5 Å². The van der Waals surface area contributed by atoms with Crippen LogP contribution in [0.4, 0.5) is 0 Å². The van der Waals surface area contributed by atoms with Crippen LogP contribution in [0.15, 0.2) is 41.9 Å². The number of hydrogen-bond donors (Lipinski definition) is 2. The molecule has 5 nitrogen and oxygen atoms in total. The van der Waals surface area contributed by atoms with Crippen LogP contribution in [0.1, 0.15) is 11.3 Å². The van der Waals surface area contributed by atoms with Crippen LogP contribution in [-0.2, 0) is 13.1 Å². The highest BCUT2D eigenvalue weighted by Crippen LogP contribution is 2.16. The van der Waals surface area contributed by atoms with Gasteiger partial charge in [-0.15, -0.1) is 5.10 Å². The van der Waals surface area contributed by atoms with E-state index in [4.69, 9.17) is 0 Å². The fraction of sp³-hybridized carbons (Fsp3) is 0.154. The molecule has 0 saturated heterocycles. The Morgan fingerprint density at radius 2 is 2.00 bits per heavy atom. The van der Waals surface area contributed by atoms with Gasteiger partial charge < -0.3 is 5.32 Å². The van der Waals surface area contributed by atoms with Crippen LogP contribution in [0.5, 0.6) is 0 Å². The molecule has 0 aliphatic rings. The smallest absolute Gasteiger partial charge is 0.0893 e. The SMILES string of the molecule is c1cc(-c2ccc(CNCc3csnn3)cc2)[nH]n1. The first kappa shape index (κ1) is 12.0. The fourth-order valence-corrected chi connectivity index (χ4v) is 2.27. The zero-order chi connectivity index (χ0) is 12.9. The van der Waals surface area contributed by atoms with Gasteiger partial charge in [-0.2, -0.15) is 5.10 Å². The van der Waals surface area contributed by atoms with Gasteiger partial charge in [0.1, 0.15) is 0 Å². The summed E-state index contributed by atoms with van der Waals surface area (Å²) in [5.41, 5.74) is 4.41. The molecule has 0 fully saturated rings. The van der Waals surface area contributed by atoms with E-state index in [-0.39, 0.29) is 0 Å². The summed E-state index contributed by atoms with van der Waals surface area (Å²) in [5, 5.41) is 16.2. The van der Waals surface area contributed by atoms with Gasteiger partial charge in [-0.25, -0.2) is 0 Å². The Kier molecular flexibility index (Phi) is 3.62. The van der Waals surface area contributed by atoms with Crippen molar-refractivity contribution in [1.29, 1.82) is 0 Å². The normalized spacial score (nSPS) is 10.7. The summed E-state index contributed by atoms with van der Waals surface area (Å²) >= 11 is 1.38. The topological polar surface area (TPSA) is 66.5 Å². The lowest BCUT2D eigenvalue weighted by Crippen LogP contribution is -2.12. The van der Waals surface area contributed by atoms with E-state index in [1.165, 1.54) is 17.1 Å². The van der Waals surface area contributed by atoms with Gasteiger partial charge in [0, 0.05) is 24.7 Å². The third kappa shape index (κ3) is 3.04. The summed E-state index contributed by atoms with van der Waals surface area (Å²) in [6, 6.07) is 10.4. The summed E-state index contributed by atoms with van der Waals surface area (Å²) in [4.78, 5) is 0. The van der Waals surface area contributed by atoms with Gasteiger partial charge in [0.25, 0.3) is 0 Å². The molecule has 2 aromatic heterocycles. The molecule has 0 aliphatic carbocycles. The van der Waals surface area contributed by atoms with Gasteiger partial charge in [0.15, 0.2) is 0 Å². The van der Waals surface area contributed by atoms with Crippen LogP contribution >= 0.6 is 11.5 Å². The molecule has 3 rings (SSSR count). The van der Waals surface area contributed by atoms with Gasteiger partial charge in [-0.05, 0) is 28.7 Å². The van der Waals surface area contributed by atoms with Crippen molar-refractivity contribution in [2.24, 2.45) is 0 Å². The van der Waals surface area contributed by atoms with Crippen molar-refractivity contribution < 1.29 is 0 Å². The van der Waals surface area contributed by atoms with Gasteiger partial charge >= 0.3 is 0 Å². The molecule has 0 radical (unpaired) electrons. The van der Waals surface area contributed by atoms with Crippen LogP contribution in [0, 0.1) is 0 Å². The number of nitrogens with one attached hydrogen (secondary N) is 2. The second-order valence-corrected chi connectivity index (χ2v) is 4.78. The Balaban J connectivity index is 1.57. The van der Waals surface area contributed by atoms with E-state index in [2.05, 4.69) is 49.4 Å². The number of rotatable bonds is 5. The highest BCUT2D eigenvalue weighted by atomic mass is 32.1. The average Bonchev–Trinajstić information content (AvgIpc) is 3.13. The summed E-state index contributed by atoms with van der Waals surface area (Å²) in [6.07, 6.45) is 1.76. The van der Waals surface area contributed by atoms with Gasteiger partial charge in [-0.1, -0.05) is 28.8 Å². The predicted molar refractivity (Wildman–Crippen MR) is 74.5 cm³/mol. The second-order valence-electron chi connectivity index (χ2n) is 4.17. The number of H-pyrrole nitrogens is 1. The van der Waals surface area contributed by atoms with E-state index >= 15 is 0 Å². The molecule has 0 aliphatic heterocycles. The predicted octanol–water partition coefficient (Wildman–Crippen LogP) is 2.22.